The minimum atomic E-state index is -0.113. The highest BCUT2D eigenvalue weighted by molar-refractivity contribution is 9.10. The Hall–Kier alpha value is -0.540. The van der Waals surface area contributed by atoms with Crippen LogP contribution in [0.4, 0.5) is 0 Å². The molecule has 98 valence electrons. The van der Waals surface area contributed by atoms with Crippen molar-refractivity contribution in [3.8, 4) is 5.75 Å². The van der Waals surface area contributed by atoms with Crippen LogP contribution in [0.3, 0.4) is 0 Å². The molecule has 0 spiro atoms. The molecule has 3 heteroatoms. The van der Waals surface area contributed by atoms with Gasteiger partial charge in [0.15, 0.2) is 0 Å². The van der Waals surface area contributed by atoms with Gasteiger partial charge in [0.1, 0.15) is 5.75 Å². The van der Waals surface area contributed by atoms with Crippen molar-refractivity contribution in [3.63, 3.8) is 0 Å². The van der Waals surface area contributed by atoms with E-state index < -0.39 is 0 Å². The Morgan fingerprint density at radius 3 is 2.56 bits per heavy atom. The quantitative estimate of drug-likeness (QED) is 0.913. The van der Waals surface area contributed by atoms with Crippen LogP contribution in [-0.2, 0) is 5.54 Å². The van der Waals surface area contributed by atoms with Crippen molar-refractivity contribution in [2.45, 2.75) is 44.1 Å². The molecule has 1 aromatic carbocycles. The van der Waals surface area contributed by atoms with Crippen molar-refractivity contribution in [1.82, 2.24) is 0 Å². The SMILES string of the molecule is NC1(c2cc(Br)cc(OCC3CCC3)c2)CCC1. The van der Waals surface area contributed by atoms with Crippen LogP contribution in [0.1, 0.15) is 44.1 Å². The summed E-state index contributed by atoms with van der Waals surface area (Å²) in [5.74, 6) is 1.73. The number of halogens is 1. The first-order valence-corrected chi connectivity index (χ1v) is 7.68. The fraction of sp³-hybridized carbons (Fsp3) is 0.600. The third kappa shape index (κ3) is 2.43. The van der Waals surface area contributed by atoms with Crippen LogP contribution in [-0.4, -0.2) is 6.61 Å². The summed E-state index contributed by atoms with van der Waals surface area (Å²) >= 11 is 3.56. The van der Waals surface area contributed by atoms with Crippen LogP contribution in [0.5, 0.6) is 5.75 Å². The number of ether oxygens (including phenoxy) is 1. The van der Waals surface area contributed by atoms with E-state index >= 15 is 0 Å². The van der Waals surface area contributed by atoms with E-state index in [1.807, 2.05) is 6.07 Å². The van der Waals surface area contributed by atoms with Gasteiger partial charge in [-0.25, -0.2) is 0 Å². The zero-order valence-corrected chi connectivity index (χ0v) is 12.2. The van der Waals surface area contributed by atoms with Gasteiger partial charge in [0.05, 0.1) is 6.61 Å². The summed E-state index contributed by atoms with van der Waals surface area (Å²) in [6.07, 6.45) is 7.42. The fourth-order valence-corrected chi connectivity index (χ4v) is 3.13. The number of nitrogens with two attached hydrogens (primary N) is 1. The van der Waals surface area contributed by atoms with Gasteiger partial charge in [-0.3, -0.25) is 0 Å². The van der Waals surface area contributed by atoms with Gasteiger partial charge in [0.2, 0.25) is 0 Å². The zero-order chi connectivity index (χ0) is 12.6. The van der Waals surface area contributed by atoms with Gasteiger partial charge in [-0.2, -0.15) is 0 Å². The summed E-state index contributed by atoms with van der Waals surface area (Å²) in [7, 11) is 0. The Balaban J connectivity index is 1.72. The molecule has 0 atom stereocenters. The number of rotatable bonds is 4. The normalized spacial score (nSPS) is 22.1. The second-order valence-electron chi connectivity index (χ2n) is 5.79. The van der Waals surface area contributed by atoms with E-state index in [-0.39, 0.29) is 5.54 Å². The van der Waals surface area contributed by atoms with Gasteiger partial charge in [0, 0.05) is 10.0 Å². The molecule has 0 heterocycles. The molecular formula is C15H20BrNO. The smallest absolute Gasteiger partial charge is 0.120 e. The standard InChI is InChI=1S/C15H20BrNO/c16-13-7-12(15(17)5-2-6-15)8-14(9-13)18-10-11-3-1-4-11/h7-9,11H,1-6,10,17H2. The van der Waals surface area contributed by atoms with E-state index in [1.54, 1.807) is 0 Å². The lowest BCUT2D eigenvalue weighted by Gasteiger charge is -2.39. The maximum atomic E-state index is 6.38. The fourth-order valence-electron chi connectivity index (χ4n) is 2.65. The molecule has 2 aliphatic rings. The highest BCUT2D eigenvalue weighted by Crippen LogP contribution is 2.41. The van der Waals surface area contributed by atoms with Crippen molar-refractivity contribution >= 4 is 15.9 Å². The molecule has 2 aliphatic carbocycles. The second kappa shape index (κ2) is 4.86. The first-order chi connectivity index (χ1) is 8.66. The molecule has 0 aromatic heterocycles. The first-order valence-electron chi connectivity index (χ1n) is 6.88. The highest BCUT2D eigenvalue weighted by Gasteiger charge is 2.34. The van der Waals surface area contributed by atoms with Crippen molar-refractivity contribution in [3.05, 3.63) is 28.2 Å². The predicted octanol–water partition coefficient (Wildman–Crippen LogP) is 3.97. The van der Waals surface area contributed by atoms with E-state index in [1.165, 1.54) is 31.2 Å². The van der Waals surface area contributed by atoms with Gasteiger partial charge in [-0.05, 0) is 61.8 Å². The van der Waals surface area contributed by atoms with Crippen LogP contribution < -0.4 is 10.5 Å². The Morgan fingerprint density at radius 1 is 1.22 bits per heavy atom. The molecule has 1 aromatic rings. The Morgan fingerprint density at radius 2 is 2.00 bits per heavy atom. The molecule has 2 saturated carbocycles. The molecule has 3 rings (SSSR count). The molecular weight excluding hydrogens is 290 g/mol. The lowest BCUT2D eigenvalue weighted by Crippen LogP contribution is -2.43. The second-order valence-corrected chi connectivity index (χ2v) is 6.71. The van der Waals surface area contributed by atoms with Crippen molar-refractivity contribution in [2.24, 2.45) is 11.7 Å². The molecule has 0 bridgehead atoms. The van der Waals surface area contributed by atoms with Crippen LogP contribution in [0, 0.1) is 5.92 Å². The molecule has 2 N–H and O–H groups in total. The third-order valence-corrected chi connectivity index (χ3v) is 4.86. The molecule has 0 amide bonds. The summed E-state index contributed by atoms with van der Waals surface area (Å²) in [4.78, 5) is 0. The topological polar surface area (TPSA) is 35.2 Å². The maximum Gasteiger partial charge on any atom is 0.120 e. The number of hydrogen-bond donors (Lipinski definition) is 1. The van der Waals surface area contributed by atoms with E-state index in [0.717, 1.165) is 35.6 Å². The van der Waals surface area contributed by atoms with Gasteiger partial charge < -0.3 is 10.5 Å². The Labute approximate surface area is 117 Å². The monoisotopic (exact) mass is 309 g/mol. The lowest BCUT2D eigenvalue weighted by atomic mass is 9.73. The van der Waals surface area contributed by atoms with Gasteiger partial charge in [-0.1, -0.05) is 22.4 Å². The predicted molar refractivity (Wildman–Crippen MR) is 76.7 cm³/mol. The Kier molecular flexibility index (Phi) is 3.37. The first kappa shape index (κ1) is 12.5. The largest absolute Gasteiger partial charge is 0.493 e. The minimum absolute atomic E-state index is 0.113. The molecule has 0 saturated heterocycles. The summed E-state index contributed by atoms with van der Waals surface area (Å²) in [5, 5.41) is 0. The van der Waals surface area contributed by atoms with E-state index in [4.69, 9.17) is 10.5 Å². The lowest BCUT2D eigenvalue weighted by molar-refractivity contribution is 0.179. The zero-order valence-electron chi connectivity index (χ0n) is 10.6. The van der Waals surface area contributed by atoms with E-state index in [2.05, 4.69) is 28.1 Å². The Bertz CT molecular complexity index is 438. The summed E-state index contributed by atoms with van der Waals surface area (Å²) in [6, 6.07) is 6.31. The maximum absolute atomic E-state index is 6.38. The molecule has 0 aliphatic heterocycles. The van der Waals surface area contributed by atoms with Gasteiger partial charge in [-0.15, -0.1) is 0 Å². The molecule has 2 nitrogen and oxygen atoms in total. The average molecular weight is 310 g/mol. The van der Waals surface area contributed by atoms with E-state index in [0.29, 0.717) is 0 Å². The minimum Gasteiger partial charge on any atom is -0.493 e. The highest BCUT2D eigenvalue weighted by atomic mass is 79.9. The molecule has 0 radical (unpaired) electrons. The van der Waals surface area contributed by atoms with Crippen molar-refractivity contribution in [2.75, 3.05) is 6.61 Å². The number of hydrogen-bond acceptors (Lipinski definition) is 2. The number of benzene rings is 1. The molecule has 18 heavy (non-hydrogen) atoms. The van der Waals surface area contributed by atoms with Crippen molar-refractivity contribution in [1.29, 1.82) is 0 Å². The van der Waals surface area contributed by atoms with Gasteiger partial charge >= 0.3 is 0 Å². The van der Waals surface area contributed by atoms with Crippen LogP contribution >= 0.6 is 15.9 Å². The average Bonchev–Trinajstić information content (AvgIpc) is 2.23. The van der Waals surface area contributed by atoms with Crippen molar-refractivity contribution < 1.29 is 4.74 Å². The summed E-state index contributed by atoms with van der Waals surface area (Å²) < 4.78 is 6.98. The third-order valence-electron chi connectivity index (χ3n) is 4.40. The van der Waals surface area contributed by atoms with Gasteiger partial charge in [0.25, 0.3) is 0 Å². The van der Waals surface area contributed by atoms with Crippen LogP contribution in [0.15, 0.2) is 22.7 Å². The molecule has 0 unspecified atom stereocenters. The molecule has 2 fully saturated rings. The summed E-state index contributed by atoms with van der Waals surface area (Å²) in [6.45, 7) is 0.855. The van der Waals surface area contributed by atoms with E-state index in [9.17, 15) is 0 Å². The van der Waals surface area contributed by atoms with Crippen LogP contribution in [0.2, 0.25) is 0 Å². The summed E-state index contributed by atoms with van der Waals surface area (Å²) in [5.41, 5.74) is 7.48. The van der Waals surface area contributed by atoms with Crippen LogP contribution in [0.25, 0.3) is 0 Å².